The summed E-state index contributed by atoms with van der Waals surface area (Å²) in [6, 6.07) is 68.0. The van der Waals surface area contributed by atoms with Crippen LogP contribution in [-0.2, 0) is 0 Å². The van der Waals surface area contributed by atoms with Gasteiger partial charge < -0.3 is 14.2 Å². The van der Waals surface area contributed by atoms with Crippen LogP contribution in [0, 0.1) is 0 Å². The number of aromatic nitrogens is 6. The van der Waals surface area contributed by atoms with E-state index in [4.69, 9.17) is 15.0 Å². The van der Waals surface area contributed by atoms with Gasteiger partial charge in [0.1, 0.15) is 0 Å². The molecule has 6 aromatic heterocycles. The topological polar surface area (TPSA) is 98.7 Å². The Morgan fingerprint density at radius 1 is 0.362 bits per heavy atom. The molecule has 0 saturated heterocycles. The van der Waals surface area contributed by atoms with Crippen LogP contribution in [0.5, 0.6) is 0 Å². The van der Waals surface area contributed by atoms with Gasteiger partial charge in [0.05, 0.1) is 61.8 Å². The first kappa shape index (κ1) is 40.9. The zero-order valence-corrected chi connectivity index (χ0v) is 37.1. The molecule has 6 heterocycles. The van der Waals surface area contributed by atoms with E-state index in [9.17, 15) is 9.90 Å². The van der Waals surface area contributed by atoms with Crippen molar-refractivity contribution < 1.29 is 9.90 Å². The van der Waals surface area contributed by atoms with Gasteiger partial charge in [-0.05, 0) is 119 Å². The number of aromatic carboxylic acids is 1. The normalized spacial score (nSPS) is 11.8. The Bertz CT molecular complexity index is 3890. The highest BCUT2D eigenvalue weighted by molar-refractivity contribution is 6.10. The number of hydrogen-bond donors (Lipinski definition) is 1. The van der Waals surface area contributed by atoms with Crippen LogP contribution in [0.25, 0.3) is 113 Å². The van der Waals surface area contributed by atoms with Gasteiger partial charge in [-0.15, -0.1) is 0 Å². The van der Waals surface area contributed by atoms with Gasteiger partial charge in [0.2, 0.25) is 0 Å². The van der Waals surface area contributed by atoms with Crippen molar-refractivity contribution in [3.05, 3.63) is 240 Å². The lowest BCUT2D eigenvalue weighted by atomic mass is 10.1. The summed E-state index contributed by atoms with van der Waals surface area (Å²) >= 11 is 0. The first-order valence-electron chi connectivity index (χ1n) is 22.7. The number of carbonyl (C=O) groups is 1. The Labute approximate surface area is 397 Å². The summed E-state index contributed by atoms with van der Waals surface area (Å²) in [6.07, 6.45) is 11.7. The highest BCUT2D eigenvalue weighted by Crippen LogP contribution is 2.34. The summed E-state index contributed by atoms with van der Waals surface area (Å²) < 4.78 is 4.63. The molecule has 0 aliphatic rings. The lowest BCUT2D eigenvalue weighted by molar-refractivity contribution is 0.0696. The molecule has 12 rings (SSSR count). The van der Waals surface area contributed by atoms with E-state index in [1.54, 1.807) is 0 Å². The maximum atomic E-state index is 11.8. The Morgan fingerprint density at radius 3 is 1.26 bits per heavy atom. The molecule has 0 aliphatic heterocycles. The zero-order valence-electron chi connectivity index (χ0n) is 37.1. The maximum Gasteiger partial charge on any atom is 0.335 e. The van der Waals surface area contributed by atoms with Crippen molar-refractivity contribution >= 4 is 73.9 Å². The molecule has 0 amide bonds. The van der Waals surface area contributed by atoms with Crippen LogP contribution in [0.3, 0.4) is 0 Å². The maximum absolute atomic E-state index is 11.8. The van der Waals surface area contributed by atoms with Crippen molar-refractivity contribution in [1.29, 1.82) is 0 Å². The summed E-state index contributed by atoms with van der Waals surface area (Å²) in [4.78, 5) is 31.1. The van der Waals surface area contributed by atoms with Crippen LogP contribution < -0.4 is 0 Å². The average molecular weight is 889 g/mol. The molecule has 8 nitrogen and oxygen atoms in total. The molecular weight excluding hydrogens is 849 g/mol. The number of carboxylic acids is 1. The molecule has 1 N–H and O–H groups in total. The Balaban J connectivity index is 0.873. The van der Waals surface area contributed by atoms with E-state index in [0.717, 1.165) is 33.6 Å². The van der Waals surface area contributed by atoms with Gasteiger partial charge in [0.15, 0.2) is 0 Å². The minimum Gasteiger partial charge on any atom is -0.478 e. The van der Waals surface area contributed by atoms with Crippen molar-refractivity contribution in [3.8, 4) is 45.5 Å². The summed E-state index contributed by atoms with van der Waals surface area (Å²) in [6.45, 7) is 0. The van der Waals surface area contributed by atoms with E-state index in [1.165, 1.54) is 61.9 Å². The molecule has 326 valence electrons. The molecule has 0 spiro atoms. The Kier molecular flexibility index (Phi) is 10.3. The van der Waals surface area contributed by atoms with Crippen molar-refractivity contribution in [2.24, 2.45) is 0 Å². The van der Waals surface area contributed by atoms with E-state index in [2.05, 4.69) is 184 Å². The van der Waals surface area contributed by atoms with E-state index >= 15 is 0 Å². The third kappa shape index (κ3) is 7.81. The monoisotopic (exact) mass is 888 g/mol. The molecule has 6 aromatic carbocycles. The molecule has 0 radical (unpaired) electrons. The number of pyridine rings is 4. The summed E-state index contributed by atoms with van der Waals surface area (Å²) in [7, 11) is 0. The summed E-state index contributed by atoms with van der Waals surface area (Å²) in [5, 5.41) is 14.6. The fourth-order valence-corrected chi connectivity index (χ4v) is 9.28. The number of benzene rings is 6. The fourth-order valence-electron chi connectivity index (χ4n) is 9.28. The van der Waals surface area contributed by atoms with Crippen molar-refractivity contribution in [2.45, 2.75) is 0 Å². The molecule has 8 heteroatoms. The molecule has 0 bridgehead atoms. The zero-order chi connectivity index (χ0) is 46.3. The van der Waals surface area contributed by atoms with Crippen LogP contribution in [0.2, 0.25) is 0 Å². The number of fused-ring (bicyclic) bond motifs is 6. The number of nitrogens with zero attached hydrogens (tertiary/aromatic N) is 6. The molecule has 0 saturated carbocycles. The minimum atomic E-state index is -1.03. The van der Waals surface area contributed by atoms with Crippen molar-refractivity contribution in [3.63, 3.8) is 0 Å². The highest BCUT2D eigenvalue weighted by Gasteiger charge is 2.15. The second-order valence-corrected chi connectivity index (χ2v) is 16.9. The fraction of sp³-hybridized carbons (Fsp3) is 0. The van der Waals surface area contributed by atoms with E-state index in [1.807, 2.05) is 48.7 Å². The van der Waals surface area contributed by atoms with E-state index < -0.39 is 5.97 Å². The van der Waals surface area contributed by atoms with Gasteiger partial charge in [-0.2, -0.15) is 0 Å². The average Bonchev–Trinajstić information content (AvgIpc) is 3.93. The van der Waals surface area contributed by atoms with Gasteiger partial charge in [-0.3, -0.25) is 9.97 Å². The lowest BCUT2D eigenvalue weighted by Gasteiger charge is -2.10. The Hall–Kier alpha value is -9.53. The van der Waals surface area contributed by atoms with Gasteiger partial charge >= 0.3 is 5.97 Å². The predicted molar refractivity (Wildman–Crippen MR) is 280 cm³/mol. The van der Waals surface area contributed by atoms with Gasteiger partial charge in [-0.25, -0.2) is 14.8 Å². The van der Waals surface area contributed by atoms with Crippen LogP contribution in [0.1, 0.15) is 32.6 Å². The van der Waals surface area contributed by atoms with Crippen LogP contribution in [-0.4, -0.2) is 40.1 Å². The predicted octanol–water partition coefficient (Wildman–Crippen LogP) is 14.5. The summed E-state index contributed by atoms with van der Waals surface area (Å²) in [5.41, 5.74) is 14.6. The highest BCUT2D eigenvalue weighted by atomic mass is 16.4. The third-order valence-electron chi connectivity index (χ3n) is 12.6. The van der Waals surface area contributed by atoms with Gasteiger partial charge in [0, 0.05) is 45.3 Å². The molecule has 0 fully saturated rings. The van der Waals surface area contributed by atoms with Crippen molar-refractivity contribution in [1.82, 2.24) is 29.1 Å². The Morgan fingerprint density at radius 2 is 0.754 bits per heavy atom. The molecule has 12 aromatic rings. The number of hydrogen-bond acceptors (Lipinski definition) is 5. The molecule has 69 heavy (non-hydrogen) atoms. The van der Waals surface area contributed by atoms with Crippen LogP contribution >= 0.6 is 0 Å². The second kappa shape index (κ2) is 17.4. The molecular formula is C61H40N6O2. The smallest absolute Gasteiger partial charge is 0.335 e. The van der Waals surface area contributed by atoms with E-state index in [0.29, 0.717) is 34.2 Å². The lowest BCUT2D eigenvalue weighted by Crippen LogP contribution is -1.99. The van der Waals surface area contributed by atoms with E-state index in [-0.39, 0.29) is 5.56 Å². The SMILES string of the molecule is O=C(O)c1ccnc(-c2cccc(-c3cc(/C=C/c4ccc(-n5c6ccccc6c6ccccc65)cc4)cc(-c4cc(/C=C/c5ccc(-n6c7ccccc7c7ccccc76)cc5)ccn4)n3)n2)c1. The van der Waals surface area contributed by atoms with Gasteiger partial charge in [-0.1, -0.05) is 127 Å². The second-order valence-electron chi connectivity index (χ2n) is 16.9. The minimum absolute atomic E-state index is 0.138. The molecule has 0 atom stereocenters. The van der Waals surface area contributed by atoms with Crippen LogP contribution in [0.15, 0.2) is 213 Å². The largest absolute Gasteiger partial charge is 0.478 e. The van der Waals surface area contributed by atoms with Crippen LogP contribution in [0.4, 0.5) is 0 Å². The number of carboxylic acid groups (broad SMARTS) is 1. The molecule has 0 unspecified atom stereocenters. The first-order valence-corrected chi connectivity index (χ1v) is 22.7. The quantitative estimate of drug-likeness (QED) is 0.147. The van der Waals surface area contributed by atoms with Crippen molar-refractivity contribution in [2.75, 3.05) is 0 Å². The number of para-hydroxylation sites is 4. The van der Waals surface area contributed by atoms with Gasteiger partial charge in [0.25, 0.3) is 0 Å². The first-order chi connectivity index (χ1) is 34.0. The standard InChI is InChI=1S/C61H40N6O2/c68-61(69)44-33-35-63-54(39-44)51-14-9-15-52(64-51)55-37-43(23-21-41-26-30-46(31-27-41)67-59-18-7-3-12-49(59)50-13-4-8-19-60(50)67)38-56(65-55)53-36-42(32-34-62-53)22-20-40-24-28-45(29-25-40)66-57-16-5-1-10-47(57)48-11-2-6-17-58(48)66/h1-39H,(H,68,69)/b22-20+,23-21+. The third-order valence-corrected chi connectivity index (χ3v) is 12.6. The molecule has 0 aliphatic carbocycles. The number of rotatable bonds is 10. The summed E-state index contributed by atoms with van der Waals surface area (Å²) in [5.74, 6) is -1.03.